The van der Waals surface area contributed by atoms with Crippen molar-refractivity contribution < 1.29 is 9.13 Å². The van der Waals surface area contributed by atoms with Crippen LogP contribution in [0.2, 0.25) is 5.02 Å². The molecule has 0 aliphatic rings. The Hall–Kier alpha value is -0.00130. The summed E-state index contributed by atoms with van der Waals surface area (Å²) in [5, 5.41) is 0.329. The van der Waals surface area contributed by atoms with Crippen LogP contribution in [0.5, 0.6) is 5.75 Å². The van der Waals surface area contributed by atoms with Gasteiger partial charge in [-0.25, -0.2) is 0 Å². The summed E-state index contributed by atoms with van der Waals surface area (Å²) in [6.07, 6.45) is 1.90. The Bertz CT molecular complexity index is 393. The molecule has 1 aromatic carbocycles. The van der Waals surface area contributed by atoms with Crippen LogP contribution >= 0.6 is 11.6 Å². The van der Waals surface area contributed by atoms with E-state index in [0.29, 0.717) is 21.8 Å². The van der Waals surface area contributed by atoms with Crippen LogP contribution in [0.25, 0.3) is 0 Å². The fraction of sp³-hybridized carbons (Fsp3) is 0.538. The Morgan fingerprint density at radius 2 is 1.89 bits per heavy atom. The first-order chi connectivity index (χ1) is 7.88. The zero-order valence-corrected chi connectivity index (χ0v) is 16.4. The molecule has 0 aliphatic carbocycles. The molecule has 18 heavy (non-hydrogen) atoms. The van der Waals surface area contributed by atoms with E-state index in [0.717, 1.165) is 12.8 Å². The SMILES string of the molecule is CCCCOc1c(Cl)ccc([N+](C)(C)C)c1F.[SnH2]. The second-order valence-electron chi connectivity index (χ2n) is 4.92. The monoisotopic (exact) mass is 382 g/mol. The Kier molecular flexibility index (Phi) is 7.55. The van der Waals surface area contributed by atoms with Crippen LogP contribution in [0.3, 0.4) is 0 Å². The molecule has 2 radical (unpaired) electrons. The van der Waals surface area contributed by atoms with Crippen LogP contribution in [0, 0.1) is 5.82 Å². The van der Waals surface area contributed by atoms with E-state index in [1.54, 1.807) is 12.1 Å². The molecule has 102 valence electrons. The molecule has 0 atom stereocenters. The summed E-state index contributed by atoms with van der Waals surface area (Å²) in [5.74, 6) is -0.188. The molecule has 0 spiro atoms. The van der Waals surface area contributed by atoms with Crippen molar-refractivity contribution in [3.8, 4) is 5.75 Å². The van der Waals surface area contributed by atoms with Crippen molar-refractivity contribution in [3.05, 3.63) is 23.0 Å². The molecule has 0 saturated carbocycles. The molecule has 1 aromatic rings. The molecule has 1 rings (SSSR count). The molecule has 0 N–H and O–H groups in total. The second kappa shape index (κ2) is 7.55. The van der Waals surface area contributed by atoms with Gasteiger partial charge in [-0.15, -0.1) is 0 Å². The summed E-state index contributed by atoms with van der Waals surface area (Å²) >= 11 is 5.96. The molecule has 0 saturated heterocycles. The van der Waals surface area contributed by atoms with Gasteiger partial charge in [-0.1, -0.05) is 24.9 Å². The predicted octanol–water partition coefficient (Wildman–Crippen LogP) is 2.94. The van der Waals surface area contributed by atoms with E-state index in [2.05, 4.69) is 6.92 Å². The predicted molar refractivity (Wildman–Crippen MR) is 79.9 cm³/mol. The van der Waals surface area contributed by atoms with Gasteiger partial charge in [-0.2, -0.15) is 4.39 Å². The first-order valence-electron chi connectivity index (χ1n) is 5.80. The summed E-state index contributed by atoms with van der Waals surface area (Å²) < 4.78 is 20.1. The van der Waals surface area contributed by atoms with Crippen LogP contribution in [0.4, 0.5) is 10.1 Å². The van der Waals surface area contributed by atoms with E-state index in [9.17, 15) is 4.39 Å². The standard InChI is InChI=1S/C13H20ClFNO.Sn.2H/c1-5-6-9-17-13-10(14)7-8-11(12(13)15)16(2,3)4;;;/h7-8H,5-6,9H2,1-4H3;;;/q+1;;;. The van der Waals surface area contributed by atoms with Gasteiger partial charge < -0.3 is 4.74 Å². The molecule has 0 aromatic heterocycles. The number of quaternary nitrogens is 1. The zero-order chi connectivity index (χ0) is 13.1. The van der Waals surface area contributed by atoms with Gasteiger partial charge >= 0.3 is 23.9 Å². The van der Waals surface area contributed by atoms with Gasteiger partial charge in [0.1, 0.15) is 0 Å². The number of rotatable bonds is 5. The quantitative estimate of drug-likeness (QED) is 0.433. The van der Waals surface area contributed by atoms with Crippen molar-refractivity contribution in [3.63, 3.8) is 0 Å². The zero-order valence-electron chi connectivity index (χ0n) is 11.6. The van der Waals surface area contributed by atoms with Gasteiger partial charge in [0.05, 0.1) is 32.8 Å². The molecule has 2 nitrogen and oxygen atoms in total. The first kappa shape index (κ1) is 18.0. The maximum atomic E-state index is 14.2. The van der Waals surface area contributed by atoms with E-state index < -0.39 is 0 Å². The fourth-order valence-corrected chi connectivity index (χ4v) is 1.69. The molecule has 0 unspecified atom stereocenters. The topological polar surface area (TPSA) is 9.23 Å². The van der Waals surface area contributed by atoms with Crippen molar-refractivity contribution in [2.24, 2.45) is 0 Å². The second-order valence-corrected chi connectivity index (χ2v) is 5.33. The molecule has 0 aliphatic heterocycles. The third-order valence-corrected chi connectivity index (χ3v) is 2.79. The molecular weight excluding hydrogens is 359 g/mol. The molecule has 0 bridgehead atoms. The molecule has 0 fully saturated rings. The Labute approximate surface area is 131 Å². The summed E-state index contributed by atoms with van der Waals surface area (Å²) in [6, 6.07) is 3.38. The van der Waals surface area contributed by atoms with Crippen LogP contribution < -0.4 is 9.22 Å². The van der Waals surface area contributed by atoms with Gasteiger partial charge in [0, 0.05) is 6.07 Å². The summed E-state index contributed by atoms with van der Waals surface area (Å²) in [4.78, 5) is 0. The van der Waals surface area contributed by atoms with E-state index in [4.69, 9.17) is 16.3 Å². The summed E-state index contributed by atoms with van der Waals surface area (Å²) in [7, 11) is 5.71. The summed E-state index contributed by atoms with van der Waals surface area (Å²) in [5.41, 5.74) is 0.570. The number of ether oxygens (including phenoxy) is 1. The van der Waals surface area contributed by atoms with Crippen molar-refractivity contribution in [1.82, 2.24) is 4.48 Å². The number of nitrogens with zero attached hydrogens (tertiary/aromatic N) is 1. The Balaban J connectivity index is 0.00000289. The van der Waals surface area contributed by atoms with Gasteiger partial charge in [0.15, 0.2) is 11.4 Å². The first-order valence-corrected chi connectivity index (χ1v) is 6.18. The van der Waals surface area contributed by atoms with Crippen LogP contribution in [-0.2, 0) is 0 Å². The van der Waals surface area contributed by atoms with Crippen molar-refractivity contribution in [2.45, 2.75) is 19.8 Å². The van der Waals surface area contributed by atoms with E-state index in [1.807, 2.05) is 21.1 Å². The van der Waals surface area contributed by atoms with Crippen molar-refractivity contribution >= 4 is 41.2 Å². The Morgan fingerprint density at radius 3 is 2.39 bits per heavy atom. The van der Waals surface area contributed by atoms with Crippen LogP contribution in [0.1, 0.15) is 19.8 Å². The van der Waals surface area contributed by atoms with E-state index in [-0.39, 0.29) is 35.5 Å². The van der Waals surface area contributed by atoms with E-state index >= 15 is 0 Å². The maximum absolute atomic E-state index is 14.2. The number of hydrogen-bond acceptors (Lipinski definition) is 1. The number of unbranched alkanes of at least 4 members (excludes halogenated alkanes) is 1. The van der Waals surface area contributed by atoms with Crippen molar-refractivity contribution in [1.29, 1.82) is 0 Å². The molecule has 0 heterocycles. The van der Waals surface area contributed by atoms with Gasteiger partial charge in [-0.05, 0) is 12.5 Å². The number of halogens is 2. The third kappa shape index (κ3) is 4.59. The number of hydrogen-bond donors (Lipinski definition) is 0. The third-order valence-electron chi connectivity index (χ3n) is 2.50. The normalized spacial score (nSPS) is 11.0. The average molecular weight is 381 g/mol. The van der Waals surface area contributed by atoms with Crippen LogP contribution in [0.15, 0.2) is 12.1 Å². The van der Waals surface area contributed by atoms with Gasteiger partial charge in [0.25, 0.3) is 0 Å². The van der Waals surface area contributed by atoms with Gasteiger partial charge in [0.2, 0.25) is 5.82 Å². The minimum atomic E-state index is -0.360. The minimum absolute atomic E-state index is 0. The van der Waals surface area contributed by atoms with E-state index in [1.165, 1.54) is 0 Å². The fourth-order valence-electron chi connectivity index (χ4n) is 1.49. The molecule has 0 amide bonds. The number of benzene rings is 1. The molecule has 5 heteroatoms. The van der Waals surface area contributed by atoms with Crippen molar-refractivity contribution in [2.75, 3.05) is 27.7 Å². The average Bonchev–Trinajstić information content (AvgIpc) is 2.21. The molecular formula is C13H22ClFNOSn+. The van der Waals surface area contributed by atoms with Gasteiger partial charge in [-0.3, -0.25) is 4.48 Å². The summed E-state index contributed by atoms with van der Waals surface area (Å²) in [6.45, 7) is 2.55. The Morgan fingerprint density at radius 1 is 1.28 bits per heavy atom. The van der Waals surface area contributed by atoms with Crippen LogP contribution in [-0.4, -0.2) is 51.7 Å².